The van der Waals surface area contributed by atoms with Crippen LogP contribution in [-0.2, 0) is 57.6 Å². The zero-order valence-electron chi connectivity index (χ0n) is 43.9. The van der Waals surface area contributed by atoms with Crippen molar-refractivity contribution in [3.05, 3.63) is 108 Å². The number of carbonyl (C=O) groups is 8. The zero-order valence-corrected chi connectivity index (χ0v) is 45.6. The van der Waals surface area contributed by atoms with E-state index in [9.17, 15) is 38.4 Å². The molecule has 0 spiro atoms. The van der Waals surface area contributed by atoms with Gasteiger partial charge in [-0.05, 0) is 90.7 Å². The first kappa shape index (κ1) is 57.9. The molecule has 6 rings (SSSR count). The first-order valence-corrected chi connectivity index (χ1v) is 28.9. The summed E-state index contributed by atoms with van der Waals surface area (Å²) in [5.74, 6) is -4.43. The van der Waals surface area contributed by atoms with Crippen molar-refractivity contribution in [1.82, 2.24) is 47.1 Å². The van der Waals surface area contributed by atoms with Gasteiger partial charge in [0, 0.05) is 42.9 Å². The predicted octanol–water partition coefficient (Wildman–Crippen LogP) is 4.19. The summed E-state index contributed by atoms with van der Waals surface area (Å²) in [5, 5.41) is 21.3. The molecule has 17 nitrogen and oxygen atoms in total. The van der Waals surface area contributed by atoms with E-state index in [1.807, 2.05) is 125 Å². The van der Waals surface area contributed by atoms with Crippen LogP contribution in [0.1, 0.15) is 82.9 Å². The van der Waals surface area contributed by atoms with Gasteiger partial charge in [0.2, 0.25) is 47.3 Å². The lowest BCUT2D eigenvalue weighted by molar-refractivity contribution is -0.142. The third kappa shape index (κ3) is 16.3. The van der Waals surface area contributed by atoms with Crippen LogP contribution in [0.25, 0.3) is 10.9 Å². The number of amides is 8. The van der Waals surface area contributed by atoms with Gasteiger partial charge in [0.05, 0.1) is 0 Å². The van der Waals surface area contributed by atoms with Crippen LogP contribution >= 0.6 is 23.5 Å². The molecule has 0 bridgehead atoms. The molecule has 404 valence electrons. The molecular weight excluding hydrogens is 991 g/mol. The number of hydrogen-bond donors (Lipinski definition) is 8. The molecule has 2 fully saturated rings. The number of H-pyrrole nitrogens is 1. The Morgan fingerprint density at radius 2 is 1.03 bits per heavy atom. The summed E-state index contributed by atoms with van der Waals surface area (Å²) < 4.78 is 0. The van der Waals surface area contributed by atoms with Crippen LogP contribution in [0.2, 0.25) is 0 Å². The molecule has 2 saturated heterocycles. The first-order valence-electron chi connectivity index (χ1n) is 26.1. The lowest BCUT2D eigenvalue weighted by Crippen LogP contribution is -2.62. The minimum absolute atomic E-state index is 0.00925. The average Bonchev–Trinajstić information content (AvgIpc) is 4.07. The van der Waals surface area contributed by atoms with Crippen LogP contribution in [0.4, 0.5) is 0 Å². The topological polar surface area (TPSA) is 240 Å². The maximum atomic E-state index is 15.0. The zero-order chi connectivity index (χ0) is 54.0. The SMILES string of the molecule is CCC(C)C1NC(=O)C(Cc2c[nH]c3ccccc23)NC(=O)C(Cc2ccccc2)NC(=O)C(Cc2ccccc2)NC(=O)C2CCCN2C(=O)C(CCSC)NC(=O)C(CC(C)C)NC(=O)C(CCSC)NC1=O. The smallest absolute Gasteiger partial charge is 0.245 e. The number of para-hydroxylation sites is 1. The van der Waals surface area contributed by atoms with Crippen LogP contribution < -0.4 is 37.2 Å². The molecule has 0 radical (unpaired) electrons. The highest BCUT2D eigenvalue weighted by molar-refractivity contribution is 7.98. The van der Waals surface area contributed by atoms with Crippen molar-refractivity contribution in [1.29, 1.82) is 0 Å². The Kier molecular flexibility index (Phi) is 22.0. The third-order valence-electron chi connectivity index (χ3n) is 14.0. The highest BCUT2D eigenvalue weighted by Crippen LogP contribution is 2.23. The summed E-state index contributed by atoms with van der Waals surface area (Å²) in [6, 6.07) is 16.5. The second-order valence-electron chi connectivity index (χ2n) is 20.1. The Labute approximate surface area is 449 Å². The number of nitrogens with one attached hydrogen (secondary N) is 8. The van der Waals surface area contributed by atoms with Crippen LogP contribution in [-0.4, -0.2) is 136 Å². The van der Waals surface area contributed by atoms with Gasteiger partial charge in [-0.2, -0.15) is 23.5 Å². The van der Waals surface area contributed by atoms with Gasteiger partial charge in [-0.1, -0.05) is 113 Å². The number of fused-ring (bicyclic) bond motifs is 2. The molecule has 8 amide bonds. The Bertz CT molecular complexity index is 2580. The van der Waals surface area contributed by atoms with Gasteiger partial charge in [-0.3, -0.25) is 38.4 Å². The molecule has 8 N–H and O–H groups in total. The number of aromatic amines is 1. The number of carbonyl (C=O) groups excluding carboxylic acids is 8. The Hall–Kier alpha value is -6.34. The Morgan fingerprint density at radius 1 is 0.547 bits per heavy atom. The van der Waals surface area contributed by atoms with Crippen molar-refractivity contribution in [2.45, 2.75) is 134 Å². The highest BCUT2D eigenvalue weighted by atomic mass is 32.2. The minimum Gasteiger partial charge on any atom is -0.361 e. The normalized spacial score (nSPS) is 24.5. The molecule has 0 saturated carbocycles. The molecule has 19 heteroatoms. The molecule has 1 aromatic heterocycles. The number of hydrogen-bond acceptors (Lipinski definition) is 10. The van der Waals surface area contributed by atoms with Crippen molar-refractivity contribution in [2.75, 3.05) is 30.6 Å². The molecule has 0 aliphatic carbocycles. The monoisotopic (exact) mass is 1070 g/mol. The van der Waals surface area contributed by atoms with Crippen molar-refractivity contribution in [3.8, 4) is 0 Å². The maximum absolute atomic E-state index is 15.0. The van der Waals surface area contributed by atoms with Crippen LogP contribution in [0.15, 0.2) is 91.1 Å². The fourth-order valence-corrected chi connectivity index (χ4v) is 10.6. The van der Waals surface area contributed by atoms with Crippen LogP contribution in [0.5, 0.6) is 0 Å². The van der Waals surface area contributed by atoms with Gasteiger partial charge >= 0.3 is 0 Å². The van der Waals surface area contributed by atoms with Gasteiger partial charge in [0.15, 0.2) is 0 Å². The summed E-state index contributed by atoms with van der Waals surface area (Å²) in [6.07, 6.45) is 7.45. The molecule has 2 aliphatic heterocycles. The molecular formula is C56H75N9O8S2. The van der Waals surface area contributed by atoms with E-state index in [4.69, 9.17) is 0 Å². The van der Waals surface area contributed by atoms with Gasteiger partial charge in [-0.25, -0.2) is 0 Å². The van der Waals surface area contributed by atoms with E-state index < -0.39 is 102 Å². The molecule has 75 heavy (non-hydrogen) atoms. The number of rotatable bonds is 16. The van der Waals surface area contributed by atoms with E-state index in [1.165, 1.54) is 28.4 Å². The molecule has 9 atom stereocenters. The van der Waals surface area contributed by atoms with E-state index >= 15 is 0 Å². The average molecular weight is 1070 g/mol. The first-order chi connectivity index (χ1) is 36.1. The van der Waals surface area contributed by atoms with Crippen LogP contribution in [0, 0.1) is 11.8 Å². The molecule has 3 heterocycles. The number of benzene rings is 3. The van der Waals surface area contributed by atoms with Crippen molar-refractivity contribution in [3.63, 3.8) is 0 Å². The summed E-state index contributed by atoms with van der Waals surface area (Å²) in [6.45, 7) is 7.72. The molecule has 2 aliphatic rings. The Balaban J connectivity index is 1.45. The summed E-state index contributed by atoms with van der Waals surface area (Å²) in [4.78, 5) is 122. The van der Waals surface area contributed by atoms with E-state index in [1.54, 1.807) is 6.20 Å². The second-order valence-corrected chi connectivity index (χ2v) is 22.0. The Morgan fingerprint density at radius 3 is 1.61 bits per heavy atom. The van der Waals surface area contributed by atoms with Gasteiger partial charge < -0.3 is 47.1 Å². The fourth-order valence-electron chi connectivity index (χ4n) is 9.63. The van der Waals surface area contributed by atoms with Gasteiger partial charge in [0.1, 0.15) is 48.3 Å². The summed E-state index contributed by atoms with van der Waals surface area (Å²) in [7, 11) is 0. The maximum Gasteiger partial charge on any atom is 0.245 e. The number of nitrogens with zero attached hydrogens (tertiary/aromatic N) is 1. The minimum atomic E-state index is -1.28. The molecule has 4 aromatic rings. The molecule has 9 unspecified atom stereocenters. The van der Waals surface area contributed by atoms with Gasteiger partial charge in [-0.15, -0.1) is 0 Å². The standard InChI is InChI=1S/C56H75N9O8S2/c1-7-35(4)48-55(72)58-41(24-27-74-5)49(66)60-43(29-34(2)3)50(67)59-42(25-28-75-6)56(73)65-26-16-23-47(65)54(71)63-45(31-37-19-12-9-13-20-37)52(69)61-44(30-36-17-10-8-11-18-36)51(68)62-46(53(70)64-48)32-38-33-57-40-22-15-14-21-39(38)40/h8-15,17-22,33-35,41-48,57H,7,16,23-32H2,1-6H3,(H,58,72)(H,59,67)(H,60,66)(H,61,69)(H,62,68)(H,63,71)(H,64,70). The third-order valence-corrected chi connectivity index (χ3v) is 15.3. The lowest BCUT2D eigenvalue weighted by Gasteiger charge is -2.32. The van der Waals surface area contributed by atoms with E-state index in [2.05, 4.69) is 42.2 Å². The van der Waals surface area contributed by atoms with Crippen LogP contribution in [0.3, 0.4) is 0 Å². The molecule has 3 aromatic carbocycles. The highest BCUT2D eigenvalue weighted by Gasteiger charge is 2.41. The fraction of sp³-hybridized carbons (Fsp3) is 0.500. The summed E-state index contributed by atoms with van der Waals surface area (Å²) in [5.41, 5.74) is 2.95. The predicted molar refractivity (Wildman–Crippen MR) is 295 cm³/mol. The number of thioether (sulfide) groups is 2. The van der Waals surface area contributed by atoms with Gasteiger partial charge in [0.25, 0.3) is 0 Å². The van der Waals surface area contributed by atoms with E-state index in [0.717, 1.165) is 16.5 Å². The van der Waals surface area contributed by atoms with E-state index in [0.29, 0.717) is 41.9 Å². The van der Waals surface area contributed by atoms with Crippen molar-refractivity contribution < 1.29 is 38.4 Å². The van der Waals surface area contributed by atoms with Crippen molar-refractivity contribution >= 4 is 81.7 Å². The summed E-state index contributed by atoms with van der Waals surface area (Å²) >= 11 is 2.97. The largest absolute Gasteiger partial charge is 0.361 e. The van der Waals surface area contributed by atoms with Crippen molar-refractivity contribution in [2.24, 2.45) is 11.8 Å². The van der Waals surface area contributed by atoms with E-state index in [-0.39, 0.29) is 51.0 Å². The second kappa shape index (κ2) is 28.5. The quantitative estimate of drug-likeness (QED) is 0.0797. The number of aromatic nitrogens is 1. The lowest BCUT2D eigenvalue weighted by atomic mass is 9.96.